The second-order valence-corrected chi connectivity index (χ2v) is 6.60. The van der Waals surface area contributed by atoms with Crippen LogP contribution in [0.5, 0.6) is 17.2 Å². The number of rotatable bonds is 5. The van der Waals surface area contributed by atoms with E-state index in [1.54, 1.807) is 33.5 Å². The second-order valence-electron chi connectivity index (χ2n) is 6.60. The van der Waals surface area contributed by atoms with Crippen LogP contribution in [0.15, 0.2) is 36.4 Å². The predicted octanol–water partition coefficient (Wildman–Crippen LogP) is 3.37. The Morgan fingerprint density at radius 1 is 0.929 bits per heavy atom. The topological polar surface area (TPSA) is 63.3 Å². The standard InChI is InChI=1S/C21H27N3O4/c1-15-7-5-6-8-17(15)23-9-11-24(12-10-23)21(25)22-16-13-18(26-2)20(28-4)19(14-16)27-3/h5-8,13-14H,9-12H2,1-4H3,(H,22,25). The van der Waals surface area contributed by atoms with Gasteiger partial charge in [-0.1, -0.05) is 18.2 Å². The van der Waals surface area contributed by atoms with Gasteiger partial charge in [0.15, 0.2) is 11.5 Å². The van der Waals surface area contributed by atoms with E-state index in [1.807, 2.05) is 17.0 Å². The van der Waals surface area contributed by atoms with Gasteiger partial charge in [-0.25, -0.2) is 4.79 Å². The van der Waals surface area contributed by atoms with Gasteiger partial charge in [0.25, 0.3) is 0 Å². The van der Waals surface area contributed by atoms with Crippen molar-refractivity contribution in [2.75, 3.05) is 57.7 Å². The number of piperazine rings is 1. The average molecular weight is 385 g/mol. The molecule has 7 nitrogen and oxygen atoms in total. The summed E-state index contributed by atoms with van der Waals surface area (Å²) in [6, 6.07) is 11.6. The number of benzene rings is 2. The molecule has 7 heteroatoms. The Labute approximate surface area is 165 Å². The van der Waals surface area contributed by atoms with E-state index in [-0.39, 0.29) is 6.03 Å². The van der Waals surface area contributed by atoms with Crippen LogP contribution in [0.2, 0.25) is 0 Å². The van der Waals surface area contributed by atoms with Gasteiger partial charge in [0.1, 0.15) is 0 Å². The number of hydrogen-bond donors (Lipinski definition) is 1. The Morgan fingerprint density at radius 3 is 2.07 bits per heavy atom. The quantitative estimate of drug-likeness (QED) is 0.855. The van der Waals surface area contributed by atoms with Crippen molar-refractivity contribution in [3.05, 3.63) is 42.0 Å². The highest BCUT2D eigenvalue weighted by Gasteiger charge is 2.23. The lowest BCUT2D eigenvalue weighted by Crippen LogP contribution is -2.50. The number of nitrogens with zero attached hydrogens (tertiary/aromatic N) is 2. The minimum Gasteiger partial charge on any atom is -0.493 e. The number of ether oxygens (including phenoxy) is 3. The minimum atomic E-state index is -0.140. The van der Waals surface area contributed by atoms with E-state index in [0.29, 0.717) is 36.0 Å². The number of aryl methyl sites for hydroxylation is 1. The zero-order chi connectivity index (χ0) is 20.1. The van der Waals surface area contributed by atoms with Gasteiger partial charge in [0.05, 0.1) is 27.0 Å². The monoisotopic (exact) mass is 385 g/mol. The number of methoxy groups -OCH3 is 3. The lowest BCUT2D eigenvalue weighted by atomic mass is 10.1. The van der Waals surface area contributed by atoms with E-state index in [4.69, 9.17) is 14.2 Å². The Hall–Kier alpha value is -3.09. The van der Waals surface area contributed by atoms with Crippen LogP contribution in [0.3, 0.4) is 0 Å². The first kappa shape index (κ1) is 19.7. The molecule has 1 saturated heterocycles. The molecule has 0 aromatic heterocycles. The van der Waals surface area contributed by atoms with Crippen molar-refractivity contribution in [3.63, 3.8) is 0 Å². The lowest BCUT2D eigenvalue weighted by molar-refractivity contribution is 0.208. The molecule has 0 radical (unpaired) electrons. The first-order valence-corrected chi connectivity index (χ1v) is 9.24. The Bertz CT molecular complexity index is 807. The summed E-state index contributed by atoms with van der Waals surface area (Å²) >= 11 is 0. The zero-order valence-corrected chi connectivity index (χ0v) is 16.8. The first-order chi connectivity index (χ1) is 13.6. The maximum absolute atomic E-state index is 12.7. The molecule has 0 unspecified atom stereocenters. The van der Waals surface area contributed by atoms with Gasteiger partial charge in [0.2, 0.25) is 5.75 Å². The van der Waals surface area contributed by atoms with Crippen LogP contribution < -0.4 is 24.4 Å². The normalized spacial score (nSPS) is 13.9. The van der Waals surface area contributed by atoms with E-state index in [1.165, 1.54) is 11.3 Å². The highest BCUT2D eigenvalue weighted by molar-refractivity contribution is 5.90. The van der Waals surface area contributed by atoms with Crippen molar-refractivity contribution in [1.29, 1.82) is 0 Å². The fourth-order valence-electron chi connectivity index (χ4n) is 3.42. The van der Waals surface area contributed by atoms with Crippen LogP contribution in [0.25, 0.3) is 0 Å². The Balaban J connectivity index is 1.66. The lowest BCUT2D eigenvalue weighted by Gasteiger charge is -2.36. The fourth-order valence-corrected chi connectivity index (χ4v) is 3.42. The third-order valence-corrected chi connectivity index (χ3v) is 4.94. The van der Waals surface area contributed by atoms with Crippen molar-refractivity contribution in [3.8, 4) is 17.2 Å². The molecule has 2 aromatic rings. The van der Waals surface area contributed by atoms with Crippen LogP contribution in [0.1, 0.15) is 5.56 Å². The average Bonchev–Trinajstić information content (AvgIpc) is 2.73. The number of nitrogens with one attached hydrogen (secondary N) is 1. The molecule has 1 N–H and O–H groups in total. The van der Waals surface area contributed by atoms with Crippen molar-refractivity contribution in [2.24, 2.45) is 0 Å². The fraction of sp³-hybridized carbons (Fsp3) is 0.381. The molecule has 1 heterocycles. The van der Waals surface area contributed by atoms with E-state index in [2.05, 4.69) is 29.3 Å². The summed E-state index contributed by atoms with van der Waals surface area (Å²) in [6.45, 7) is 5.02. The third kappa shape index (κ3) is 4.08. The number of carbonyl (C=O) groups excluding carboxylic acids is 1. The Morgan fingerprint density at radius 2 is 1.54 bits per heavy atom. The summed E-state index contributed by atoms with van der Waals surface area (Å²) in [7, 11) is 4.65. The molecule has 3 rings (SSSR count). The van der Waals surface area contributed by atoms with Crippen molar-refractivity contribution in [1.82, 2.24) is 4.90 Å². The summed E-state index contributed by atoms with van der Waals surface area (Å²) < 4.78 is 16.0. The molecular weight excluding hydrogens is 358 g/mol. The van der Waals surface area contributed by atoms with Crippen LogP contribution in [-0.4, -0.2) is 58.4 Å². The molecule has 0 aliphatic carbocycles. The number of hydrogen-bond acceptors (Lipinski definition) is 5. The summed E-state index contributed by atoms with van der Waals surface area (Å²) in [5, 5.41) is 2.93. The maximum atomic E-state index is 12.7. The Kier molecular flexibility index (Phi) is 6.13. The molecule has 28 heavy (non-hydrogen) atoms. The highest BCUT2D eigenvalue weighted by Crippen LogP contribution is 2.40. The van der Waals surface area contributed by atoms with Gasteiger partial charge < -0.3 is 29.3 Å². The van der Waals surface area contributed by atoms with Crippen LogP contribution in [0, 0.1) is 6.92 Å². The number of carbonyl (C=O) groups is 1. The van der Waals surface area contributed by atoms with E-state index in [9.17, 15) is 4.79 Å². The van der Waals surface area contributed by atoms with Crippen LogP contribution >= 0.6 is 0 Å². The molecule has 150 valence electrons. The van der Waals surface area contributed by atoms with Crippen molar-refractivity contribution in [2.45, 2.75) is 6.92 Å². The SMILES string of the molecule is COc1cc(NC(=O)N2CCN(c3ccccc3C)CC2)cc(OC)c1OC. The molecule has 0 bridgehead atoms. The molecule has 2 amide bonds. The van der Waals surface area contributed by atoms with Gasteiger partial charge in [-0.3, -0.25) is 0 Å². The third-order valence-electron chi connectivity index (χ3n) is 4.94. The summed E-state index contributed by atoms with van der Waals surface area (Å²) in [5.41, 5.74) is 3.07. The van der Waals surface area contributed by atoms with Gasteiger partial charge in [-0.2, -0.15) is 0 Å². The van der Waals surface area contributed by atoms with E-state index >= 15 is 0 Å². The zero-order valence-electron chi connectivity index (χ0n) is 16.8. The van der Waals surface area contributed by atoms with Crippen molar-refractivity contribution >= 4 is 17.4 Å². The van der Waals surface area contributed by atoms with Gasteiger partial charge in [-0.15, -0.1) is 0 Å². The predicted molar refractivity (Wildman–Crippen MR) is 110 cm³/mol. The first-order valence-electron chi connectivity index (χ1n) is 9.24. The van der Waals surface area contributed by atoms with Gasteiger partial charge in [-0.05, 0) is 18.6 Å². The summed E-state index contributed by atoms with van der Waals surface area (Å²) in [6.07, 6.45) is 0. The number of amides is 2. The molecule has 0 atom stereocenters. The maximum Gasteiger partial charge on any atom is 0.321 e. The molecule has 2 aromatic carbocycles. The molecule has 1 aliphatic rings. The van der Waals surface area contributed by atoms with Gasteiger partial charge in [0, 0.05) is 44.0 Å². The molecule has 1 aliphatic heterocycles. The van der Waals surface area contributed by atoms with Crippen LogP contribution in [0.4, 0.5) is 16.2 Å². The molecule has 0 spiro atoms. The van der Waals surface area contributed by atoms with Crippen molar-refractivity contribution < 1.29 is 19.0 Å². The second kappa shape index (κ2) is 8.73. The van der Waals surface area contributed by atoms with E-state index in [0.717, 1.165) is 13.1 Å². The van der Waals surface area contributed by atoms with Gasteiger partial charge >= 0.3 is 6.03 Å². The molecule has 0 saturated carbocycles. The van der Waals surface area contributed by atoms with E-state index < -0.39 is 0 Å². The number of anilines is 2. The largest absolute Gasteiger partial charge is 0.493 e. The minimum absolute atomic E-state index is 0.140. The summed E-state index contributed by atoms with van der Waals surface area (Å²) in [4.78, 5) is 16.9. The smallest absolute Gasteiger partial charge is 0.321 e. The highest BCUT2D eigenvalue weighted by atomic mass is 16.5. The number of para-hydroxylation sites is 1. The summed E-state index contributed by atoms with van der Waals surface area (Å²) in [5.74, 6) is 1.50. The number of urea groups is 1. The molecule has 1 fully saturated rings. The van der Waals surface area contributed by atoms with Crippen LogP contribution in [-0.2, 0) is 0 Å². The molecular formula is C21H27N3O4.